The summed E-state index contributed by atoms with van der Waals surface area (Å²) in [5.74, 6) is -0.488. The molecule has 0 aromatic heterocycles. The number of anilines is 1. The van der Waals surface area contributed by atoms with Crippen molar-refractivity contribution >= 4 is 34.6 Å². The number of hydrogen-bond acceptors (Lipinski definition) is 4. The maximum atomic E-state index is 12.3. The number of aryl methyl sites for hydroxylation is 2. The maximum absolute atomic E-state index is 12.3. The van der Waals surface area contributed by atoms with Gasteiger partial charge in [-0.2, -0.15) is 0 Å². The van der Waals surface area contributed by atoms with Gasteiger partial charge in [-0.05, 0) is 50.7 Å². The number of benzene rings is 2. The van der Waals surface area contributed by atoms with Gasteiger partial charge in [-0.3, -0.25) is 20.2 Å². The highest BCUT2D eigenvalue weighted by molar-refractivity contribution is 7.80. The van der Waals surface area contributed by atoms with Crippen molar-refractivity contribution < 1.29 is 9.72 Å². The van der Waals surface area contributed by atoms with Crippen LogP contribution in [0.1, 0.15) is 27.0 Å². The smallest absolute Gasteiger partial charge is 0.273 e. The molecule has 0 heterocycles. The van der Waals surface area contributed by atoms with E-state index in [2.05, 4.69) is 10.6 Å². The summed E-state index contributed by atoms with van der Waals surface area (Å²) >= 11 is 5.16. The lowest BCUT2D eigenvalue weighted by atomic mass is 10.1. The highest BCUT2D eigenvalue weighted by atomic mass is 32.1. The molecule has 0 aliphatic rings. The van der Waals surface area contributed by atoms with Gasteiger partial charge < -0.3 is 5.32 Å². The third-order valence-corrected chi connectivity index (χ3v) is 3.81. The van der Waals surface area contributed by atoms with Crippen molar-refractivity contribution in [1.82, 2.24) is 5.32 Å². The summed E-state index contributed by atoms with van der Waals surface area (Å²) in [7, 11) is 0. The van der Waals surface area contributed by atoms with Crippen LogP contribution in [-0.4, -0.2) is 15.9 Å². The minimum absolute atomic E-state index is 0.101. The van der Waals surface area contributed by atoms with Crippen LogP contribution >= 0.6 is 12.2 Å². The Bertz CT molecular complexity index is 834. The van der Waals surface area contributed by atoms with Gasteiger partial charge in [0, 0.05) is 22.9 Å². The first-order valence-electron chi connectivity index (χ1n) is 7.23. The number of hydrogen-bond donors (Lipinski definition) is 2. The lowest BCUT2D eigenvalue weighted by molar-refractivity contribution is -0.385. The lowest BCUT2D eigenvalue weighted by Crippen LogP contribution is -2.34. The van der Waals surface area contributed by atoms with E-state index >= 15 is 0 Å². The van der Waals surface area contributed by atoms with Gasteiger partial charge in [0.25, 0.3) is 11.6 Å². The number of carbonyl (C=O) groups is 1. The fourth-order valence-corrected chi connectivity index (χ4v) is 2.55. The molecule has 0 radical (unpaired) electrons. The molecule has 1 amide bonds. The molecule has 0 bridgehead atoms. The van der Waals surface area contributed by atoms with E-state index in [1.165, 1.54) is 25.1 Å². The molecule has 7 heteroatoms. The largest absolute Gasteiger partial charge is 0.332 e. The van der Waals surface area contributed by atoms with Crippen LogP contribution in [0.4, 0.5) is 11.4 Å². The van der Waals surface area contributed by atoms with Gasteiger partial charge in [-0.1, -0.05) is 23.8 Å². The number of nitrogens with one attached hydrogen (secondary N) is 2. The third-order valence-electron chi connectivity index (χ3n) is 3.60. The van der Waals surface area contributed by atoms with Crippen molar-refractivity contribution in [2.75, 3.05) is 5.32 Å². The minimum atomic E-state index is -0.516. The average molecular weight is 343 g/mol. The van der Waals surface area contributed by atoms with Gasteiger partial charge in [-0.15, -0.1) is 0 Å². The van der Waals surface area contributed by atoms with Crippen LogP contribution in [0, 0.1) is 30.9 Å². The molecule has 2 rings (SSSR count). The van der Waals surface area contributed by atoms with E-state index in [1.54, 1.807) is 0 Å². The van der Waals surface area contributed by atoms with E-state index in [1.807, 2.05) is 32.0 Å². The predicted molar refractivity (Wildman–Crippen MR) is 97.4 cm³/mol. The molecule has 0 saturated carbocycles. The molecule has 124 valence electrons. The molecule has 6 nitrogen and oxygen atoms in total. The zero-order valence-electron chi connectivity index (χ0n) is 13.5. The molecule has 0 saturated heterocycles. The number of amides is 1. The van der Waals surface area contributed by atoms with Crippen LogP contribution in [0.2, 0.25) is 0 Å². The molecular formula is C17H17N3O3S. The summed E-state index contributed by atoms with van der Waals surface area (Å²) in [5, 5.41) is 16.6. The van der Waals surface area contributed by atoms with Crippen molar-refractivity contribution in [2.24, 2.45) is 0 Å². The molecule has 0 aliphatic heterocycles. The summed E-state index contributed by atoms with van der Waals surface area (Å²) in [6, 6.07) is 10.2. The molecule has 0 spiro atoms. The summed E-state index contributed by atoms with van der Waals surface area (Å²) in [6.45, 7) is 5.46. The maximum Gasteiger partial charge on any atom is 0.273 e. The minimum Gasteiger partial charge on any atom is -0.332 e. The van der Waals surface area contributed by atoms with E-state index in [9.17, 15) is 14.9 Å². The van der Waals surface area contributed by atoms with E-state index < -0.39 is 10.8 Å². The van der Waals surface area contributed by atoms with Gasteiger partial charge in [0.05, 0.1) is 4.92 Å². The Morgan fingerprint density at radius 2 is 1.88 bits per heavy atom. The van der Waals surface area contributed by atoms with Gasteiger partial charge >= 0.3 is 0 Å². The molecule has 24 heavy (non-hydrogen) atoms. The van der Waals surface area contributed by atoms with Crippen LogP contribution in [0.3, 0.4) is 0 Å². The van der Waals surface area contributed by atoms with Crippen LogP contribution in [0.15, 0.2) is 36.4 Å². The number of nitro groups is 1. The number of rotatable bonds is 3. The summed E-state index contributed by atoms with van der Waals surface area (Å²) in [6.07, 6.45) is 0. The van der Waals surface area contributed by atoms with E-state index in [0.29, 0.717) is 5.56 Å². The molecule has 0 fully saturated rings. The monoisotopic (exact) mass is 343 g/mol. The topological polar surface area (TPSA) is 84.3 Å². The second-order valence-electron chi connectivity index (χ2n) is 5.43. The van der Waals surface area contributed by atoms with Crippen LogP contribution in [-0.2, 0) is 0 Å². The molecule has 0 atom stereocenters. The first kappa shape index (κ1) is 17.6. The Kier molecular flexibility index (Phi) is 5.25. The molecule has 0 unspecified atom stereocenters. The number of nitro benzene ring substituents is 1. The third kappa shape index (κ3) is 3.94. The Labute approximate surface area is 145 Å². The van der Waals surface area contributed by atoms with Crippen LogP contribution < -0.4 is 10.6 Å². The zero-order valence-corrected chi connectivity index (χ0v) is 14.4. The molecule has 2 aromatic carbocycles. The van der Waals surface area contributed by atoms with Crippen molar-refractivity contribution in [3.05, 3.63) is 68.8 Å². The molecule has 2 N–H and O–H groups in total. The second kappa shape index (κ2) is 7.18. The van der Waals surface area contributed by atoms with Crippen molar-refractivity contribution in [1.29, 1.82) is 0 Å². The Hall–Kier alpha value is -2.80. The van der Waals surface area contributed by atoms with E-state index in [4.69, 9.17) is 12.2 Å². The van der Waals surface area contributed by atoms with Crippen LogP contribution in [0.5, 0.6) is 0 Å². The zero-order chi connectivity index (χ0) is 17.9. The van der Waals surface area contributed by atoms with Gasteiger partial charge in [-0.25, -0.2) is 0 Å². The van der Waals surface area contributed by atoms with Crippen molar-refractivity contribution in [2.45, 2.75) is 20.8 Å². The van der Waals surface area contributed by atoms with Crippen LogP contribution in [0.25, 0.3) is 0 Å². The molecular weight excluding hydrogens is 326 g/mol. The lowest BCUT2D eigenvalue weighted by Gasteiger charge is -2.13. The fourth-order valence-electron chi connectivity index (χ4n) is 2.35. The van der Waals surface area contributed by atoms with E-state index in [-0.39, 0.29) is 16.4 Å². The highest BCUT2D eigenvalue weighted by Crippen LogP contribution is 2.21. The highest BCUT2D eigenvalue weighted by Gasteiger charge is 2.18. The first-order chi connectivity index (χ1) is 11.3. The fraction of sp³-hybridized carbons (Fsp3) is 0.176. The van der Waals surface area contributed by atoms with Crippen molar-refractivity contribution in [3.8, 4) is 0 Å². The Balaban J connectivity index is 2.13. The SMILES string of the molecule is Cc1ccc(NC(=S)NC(=O)c2cccc([N+](=O)[O-])c2C)c(C)c1. The van der Waals surface area contributed by atoms with Gasteiger partial charge in [0.2, 0.25) is 0 Å². The second-order valence-corrected chi connectivity index (χ2v) is 5.84. The van der Waals surface area contributed by atoms with Crippen molar-refractivity contribution in [3.63, 3.8) is 0 Å². The first-order valence-corrected chi connectivity index (χ1v) is 7.64. The van der Waals surface area contributed by atoms with E-state index in [0.717, 1.165) is 16.8 Å². The van der Waals surface area contributed by atoms with Gasteiger partial charge in [0.15, 0.2) is 5.11 Å². The Morgan fingerprint density at radius 3 is 2.50 bits per heavy atom. The quantitative estimate of drug-likeness (QED) is 0.505. The Morgan fingerprint density at radius 1 is 1.17 bits per heavy atom. The molecule has 0 aliphatic carbocycles. The number of carbonyl (C=O) groups excluding carboxylic acids is 1. The standard InChI is InChI=1S/C17H17N3O3S/c1-10-7-8-14(11(2)9-10)18-17(24)19-16(21)13-5-4-6-15(12(13)3)20(22)23/h4-9H,1-3H3,(H2,18,19,21,24). The normalized spacial score (nSPS) is 10.1. The predicted octanol–water partition coefficient (Wildman–Crippen LogP) is 3.65. The summed E-state index contributed by atoms with van der Waals surface area (Å²) < 4.78 is 0. The summed E-state index contributed by atoms with van der Waals surface area (Å²) in [4.78, 5) is 22.8. The summed E-state index contributed by atoms with van der Waals surface area (Å²) in [5.41, 5.74) is 3.33. The van der Waals surface area contributed by atoms with Gasteiger partial charge in [0.1, 0.15) is 0 Å². The number of thiocarbonyl (C=S) groups is 1. The number of nitrogens with zero attached hydrogens (tertiary/aromatic N) is 1. The molecule has 2 aromatic rings. The average Bonchev–Trinajstić information content (AvgIpc) is 2.49.